The second kappa shape index (κ2) is 6.68. The first-order valence-corrected chi connectivity index (χ1v) is 7.35. The second-order valence-electron chi connectivity index (χ2n) is 6.12. The molecule has 1 amide bonds. The molecule has 1 aromatic carbocycles. The Balaban J connectivity index is 2.09. The molecule has 0 spiro atoms. The zero-order valence-electron chi connectivity index (χ0n) is 12.7. The minimum atomic E-state index is -0.118. The molecule has 112 valence electrons. The van der Waals surface area contributed by atoms with Crippen molar-refractivity contribution in [1.29, 1.82) is 0 Å². The van der Waals surface area contributed by atoms with E-state index in [0.29, 0.717) is 18.8 Å². The van der Waals surface area contributed by atoms with Crippen LogP contribution in [0.1, 0.15) is 37.2 Å². The van der Waals surface area contributed by atoms with Crippen molar-refractivity contribution in [2.24, 2.45) is 11.1 Å². The van der Waals surface area contributed by atoms with Crippen LogP contribution in [0.4, 0.5) is 0 Å². The Bertz CT molecular complexity index is 617. The van der Waals surface area contributed by atoms with E-state index in [9.17, 15) is 4.79 Å². The van der Waals surface area contributed by atoms with Gasteiger partial charge in [-0.2, -0.15) is 0 Å². The van der Waals surface area contributed by atoms with Crippen molar-refractivity contribution in [1.82, 2.24) is 10.3 Å². The van der Waals surface area contributed by atoms with Crippen LogP contribution in [0.3, 0.4) is 0 Å². The average molecular weight is 285 g/mol. The predicted octanol–water partition coefficient (Wildman–Crippen LogP) is 2.73. The monoisotopic (exact) mass is 285 g/mol. The lowest BCUT2D eigenvalue weighted by atomic mass is 9.87. The first-order chi connectivity index (χ1) is 10.0. The summed E-state index contributed by atoms with van der Waals surface area (Å²) in [5, 5.41) is 4.91. The van der Waals surface area contributed by atoms with Crippen LogP contribution >= 0.6 is 0 Å². The number of pyridine rings is 1. The summed E-state index contributed by atoms with van der Waals surface area (Å²) in [6.45, 7) is 5.58. The van der Waals surface area contributed by atoms with Gasteiger partial charge in [0.25, 0.3) is 5.91 Å². The van der Waals surface area contributed by atoms with Gasteiger partial charge in [0.05, 0.1) is 0 Å². The molecule has 0 atom stereocenters. The Morgan fingerprint density at radius 1 is 1.29 bits per heavy atom. The lowest BCUT2D eigenvalue weighted by molar-refractivity contribution is 0.0931. The fourth-order valence-corrected chi connectivity index (χ4v) is 2.37. The molecule has 0 aliphatic rings. The van der Waals surface area contributed by atoms with E-state index in [2.05, 4.69) is 24.1 Å². The van der Waals surface area contributed by atoms with Gasteiger partial charge in [-0.25, -0.2) is 0 Å². The zero-order chi connectivity index (χ0) is 15.3. The van der Waals surface area contributed by atoms with Gasteiger partial charge in [0, 0.05) is 18.1 Å². The summed E-state index contributed by atoms with van der Waals surface area (Å²) in [6, 6.07) is 9.71. The van der Waals surface area contributed by atoms with Crippen LogP contribution in [-0.2, 0) is 0 Å². The van der Waals surface area contributed by atoms with Gasteiger partial charge < -0.3 is 11.1 Å². The molecule has 4 heteroatoms. The summed E-state index contributed by atoms with van der Waals surface area (Å²) < 4.78 is 0. The lowest BCUT2D eigenvalue weighted by Crippen LogP contribution is -2.34. The third kappa shape index (κ3) is 4.02. The Hall–Kier alpha value is -1.94. The average Bonchev–Trinajstić information content (AvgIpc) is 2.50. The van der Waals surface area contributed by atoms with E-state index < -0.39 is 0 Å². The molecule has 0 aliphatic carbocycles. The standard InChI is InChI=1S/C17H23N3O/c1-17(2,9-5-10-18)12-20-16(21)15-14-7-4-3-6-13(14)8-11-19-15/h3-4,6-8,11H,5,9-10,12,18H2,1-2H3,(H,20,21). The molecule has 1 heterocycles. The number of carbonyl (C=O) groups excluding carboxylic acids is 1. The Labute approximate surface area is 125 Å². The molecule has 21 heavy (non-hydrogen) atoms. The van der Waals surface area contributed by atoms with E-state index >= 15 is 0 Å². The molecule has 3 N–H and O–H groups in total. The molecule has 0 saturated carbocycles. The number of amides is 1. The third-order valence-electron chi connectivity index (χ3n) is 3.67. The summed E-state index contributed by atoms with van der Waals surface area (Å²) in [5.41, 5.74) is 6.08. The van der Waals surface area contributed by atoms with Crippen LogP contribution in [0.2, 0.25) is 0 Å². The molecule has 2 aromatic rings. The van der Waals surface area contributed by atoms with Gasteiger partial charge in [-0.3, -0.25) is 9.78 Å². The van der Waals surface area contributed by atoms with Crippen LogP contribution in [-0.4, -0.2) is 24.0 Å². The highest BCUT2D eigenvalue weighted by molar-refractivity contribution is 6.05. The number of nitrogens with one attached hydrogen (secondary N) is 1. The van der Waals surface area contributed by atoms with Gasteiger partial charge in [-0.1, -0.05) is 38.1 Å². The first kappa shape index (κ1) is 15.4. The maximum absolute atomic E-state index is 12.4. The molecule has 0 unspecified atom stereocenters. The van der Waals surface area contributed by atoms with Crippen molar-refractivity contribution in [3.05, 3.63) is 42.2 Å². The highest BCUT2D eigenvalue weighted by atomic mass is 16.1. The second-order valence-corrected chi connectivity index (χ2v) is 6.12. The molecule has 0 saturated heterocycles. The minimum Gasteiger partial charge on any atom is -0.350 e. The van der Waals surface area contributed by atoms with Crippen molar-refractivity contribution in [3.8, 4) is 0 Å². The predicted molar refractivity (Wildman–Crippen MR) is 86.1 cm³/mol. The van der Waals surface area contributed by atoms with E-state index in [1.807, 2.05) is 30.3 Å². The molecular formula is C17H23N3O. The van der Waals surface area contributed by atoms with Crippen molar-refractivity contribution >= 4 is 16.7 Å². The number of hydrogen-bond acceptors (Lipinski definition) is 3. The van der Waals surface area contributed by atoms with Crippen molar-refractivity contribution in [3.63, 3.8) is 0 Å². The van der Waals surface area contributed by atoms with E-state index in [1.165, 1.54) is 0 Å². The normalized spacial score (nSPS) is 11.6. The van der Waals surface area contributed by atoms with Crippen molar-refractivity contribution in [2.45, 2.75) is 26.7 Å². The van der Waals surface area contributed by atoms with Gasteiger partial charge in [0.2, 0.25) is 0 Å². The summed E-state index contributed by atoms with van der Waals surface area (Å²) in [5.74, 6) is -0.118. The summed E-state index contributed by atoms with van der Waals surface area (Å²) >= 11 is 0. The Kier molecular flexibility index (Phi) is 4.91. The molecule has 2 rings (SSSR count). The Morgan fingerprint density at radius 2 is 2.05 bits per heavy atom. The third-order valence-corrected chi connectivity index (χ3v) is 3.67. The number of hydrogen-bond donors (Lipinski definition) is 2. The first-order valence-electron chi connectivity index (χ1n) is 7.35. The fourth-order valence-electron chi connectivity index (χ4n) is 2.37. The topological polar surface area (TPSA) is 68.0 Å². The highest BCUT2D eigenvalue weighted by Crippen LogP contribution is 2.21. The van der Waals surface area contributed by atoms with Crippen LogP contribution in [0.15, 0.2) is 36.5 Å². The van der Waals surface area contributed by atoms with Gasteiger partial charge >= 0.3 is 0 Å². The maximum atomic E-state index is 12.4. The van der Waals surface area contributed by atoms with E-state index in [4.69, 9.17) is 5.73 Å². The van der Waals surface area contributed by atoms with Crippen molar-refractivity contribution in [2.75, 3.05) is 13.1 Å². The van der Waals surface area contributed by atoms with Crippen molar-refractivity contribution < 1.29 is 4.79 Å². The van der Waals surface area contributed by atoms with Gasteiger partial charge in [-0.05, 0) is 36.3 Å². The van der Waals surface area contributed by atoms with Gasteiger partial charge in [-0.15, -0.1) is 0 Å². The van der Waals surface area contributed by atoms with Gasteiger partial charge in [0.1, 0.15) is 5.69 Å². The van der Waals surface area contributed by atoms with Crippen LogP contribution in [0, 0.1) is 5.41 Å². The number of fused-ring (bicyclic) bond motifs is 1. The molecule has 0 fully saturated rings. The zero-order valence-corrected chi connectivity index (χ0v) is 12.7. The summed E-state index contributed by atoms with van der Waals surface area (Å²) in [4.78, 5) is 16.6. The minimum absolute atomic E-state index is 0.0413. The number of aromatic nitrogens is 1. The summed E-state index contributed by atoms with van der Waals surface area (Å²) in [7, 11) is 0. The molecule has 0 bridgehead atoms. The Morgan fingerprint density at radius 3 is 2.81 bits per heavy atom. The number of carbonyl (C=O) groups is 1. The quantitative estimate of drug-likeness (QED) is 0.857. The number of benzene rings is 1. The SMILES string of the molecule is CC(C)(CCCN)CNC(=O)c1nccc2ccccc12. The number of rotatable bonds is 6. The van der Waals surface area contributed by atoms with Crippen LogP contribution in [0.5, 0.6) is 0 Å². The van der Waals surface area contributed by atoms with E-state index in [-0.39, 0.29) is 11.3 Å². The van der Waals surface area contributed by atoms with Crippen LogP contribution < -0.4 is 11.1 Å². The summed E-state index contributed by atoms with van der Waals surface area (Å²) in [6.07, 6.45) is 3.64. The molecular weight excluding hydrogens is 262 g/mol. The van der Waals surface area contributed by atoms with E-state index in [1.54, 1.807) is 6.20 Å². The van der Waals surface area contributed by atoms with Gasteiger partial charge in [0.15, 0.2) is 0 Å². The largest absolute Gasteiger partial charge is 0.350 e. The highest BCUT2D eigenvalue weighted by Gasteiger charge is 2.19. The maximum Gasteiger partial charge on any atom is 0.270 e. The smallest absolute Gasteiger partial charge is 0.270 e. The molecule has 4 nitrogen and oxygen atoms in total. The molecule has 0 radical (unpaired) electrons. The number of nitrogens with two attached hydrogens (primary N) is 1. The molecule has 0 aliphatic heterocycles. The lowest BCUT2D eigenvalue weighted by Gasteiger charge is -2.24. The fraction of sp³-hybridized carbons (Fsp3) is 0.412. The number of nitrogens with zero attached hydrogens (tertiary/aromatic N) is 1. The molecule has 1 aromatic heterocycles. The van der Waals surface area contributed by atoms with Crippen LogP contribution in [0.25, 0.3) is 10.8 Å². The van der Waals surface area contributed by atoms with E-state index in [0.717, 1.165) is 23.6 Å².